The van der Waals surface area contributed by atoms with Gasteiger partial charge < -0.3 is 9.15 Å². The van der Waals surface area contributed by atoms with E-state index in [9.17, 15) is 0 Å². The number of methoxy groups -OCH3 is 1. The average molecular weight is 327 g/mol. The first-order valence-corrected chi connectivity index (χ1v) is 8.10. The molecule has 1 aromatic heterocycles. The quantitative estimate of drug-likeness (QED) is 0.484. The highest BCUT2D eigenvalue weighted by Crippen LogP contribution is 2.25. The monoisotopic (exact) mass is 327 g/mol. The number of nitrogens with zero attached hydrogens (tertiary/aromatic N) is 1. The molecule has 3 nitrogen and oxygen atoms in total. The van der Waals surface area contributed by atoms with E-state index >= 15 is 0 Å². The smallest absolute Gasteiger partial charge is 0.220 e. The summed E-state index contributed by atoms with van der Waals surface area (Å²) in [6, 6.07) is 24.2. The van der Waals surface area contributed by atoms with Gasteiger partial charge in [-0.05, 0) is 47.0 Å². The Morgan fingerprint density at radius 2 is 1.64 bits per heavy atom. The van der Waals surface area contributed by atoms with Crippen LogP contribution in [-0.4, -0.2) is 12.1 Å². The first kappa shape index (κ1) is 15.2. The number of benzene rings is 3. The number of aromatic nitrogens is 1. The number of ether oxygens (including phenoxy) is 1. The van der Waals surface area contributed by atoms with E-state index < -0.39 is 0 Å². The number of rotatable bonds is 4. The fraction of sp³-hybridized carbons (Fsp3) is 0.0455. The Balaban J connectivity index is 1.61. The van der Waals surface area contributed by atoms with Crippen molar-refractivity contribution in [3.8, 4) is 16.9 Å². The Bertz CT molecular complexity index is 1020. The van der Waals surface area contributed by atoms with Crippen molar-refractivity contribution in [2.75, 3.05) is 7.11 Å². The lowest BCUT2D eigenvalue weighted by atomic mass is 10.1. The predicted molar refractivity (Wildman–Crippen MR) is 101 cm³/mol. The first-order chi connectivity index (χ1) is 12.3. The van der Waals surface area contributed by atoms with Crippen LogP contribution in [0.2, 0.25) is 0 Å². The van der Waals surface area contributed by atoms with Crippen molar-refractivity contribution in [1.29, 1.82) is 0 Å². The molecule has 0 aliphatic heterocycles. The van der Waals surface area contributed by atoms with E-state index in [1.807, 2.05) is 60.7 Å². The van der Waals surface area contributed by atoms with Crippen LogP contribution in [0.5, 0.6) is 5.75 Å². The second-order valence-electron chi connectivity index (χ2n) is 5.71. The van der Waals surface area contributed by atoms with Crippen molar-refractivity contribution in [2.45, 2.75) is 0 Å². The van der Waals surface area contributed by atoms with Crippen LogP contribution in [0.3, 0.4) is 0 Å². The summed E-state index contributed by atoms with van der Waals surface area (Å²) < 4.78 is 11.0. The van der Waals surface area contributed by atoms with Gasteiger partial charge in [0.25, 0.3) is 0 Å². The van der Waals surface area contributed by atoms with Gasteiger partial charge in [0.05, 0.1) is 7.11 Å². The zero-order valence-corrected chi connectivity index (χ0v) is 13.8. The standard InChI is InChI=1S/C22H17NO2/c1-24-19-11-7-16(8-12-19)9-14-22-23-20-15-18(10-13-21(20)25-22)17-5-3-2-4-6-17/h2-15H,1H3/b14-9-. The minimum absolute atomic E-state index is 0.594. The van der Waals surface area contributed by atoms with Crippen LogP contribution in [-0.2, 0) is 0 Å². The van der Waals surface area contributed by atoms with Crippen LogP contribution >= 0.6 is 0 Å². The van der Waals surface area contributed by atoms with Gasteiger partial charge in [-0.3, -0.25) is 0 Å². The predicted octanol–water partition coefficient (Wildman–Crippen LogP) is 5.67. The van der Waals surface area contributed by atoms with E-state index in [1.165, 1.54) is 5.56 Å². The lowest BCUT2D eigenvalue weighted by Crippen LogP contribution is -1.81. The third kappa shape index (κ3) is 3.31. The van der Waals surface area contributed by atoms with E-state index in [4.69, 9.17) is 9.15 Å². The maximum atomic E-state index is 5.80. The van der Waals surface area contributed by atoms with Crippen molar-refractivity contribution < 1.29 is 9.15 Å². The molecule has 0 aliphatic rings. The second-order valence-corrected chi connectivity index (χ2v) is 5.71. The zero-order chi connectivity index (χ0) is 17.1. The largest absolute Gasteiger partial charge is 0.497 e. The fourth-order valence-electron chi connectivity index (χ4n) is 2.71. The molecule has 25 heavy (non-hydrogen) atoms. The third-order valence-corrected chi connectivity index (χ3v) is 4.05. The molecule has 0 bridgehead atoms. The molecule has 0 atom stereocenters. The third-order valence-electron chi connectivity index (χ3n) is 4.05. The summed E-state index contributed by atoms with van der Waals surface area (Å²) in [5.74, 6) is 1.43. The van der Waals surface area contributed by atoms with Gasteiger partial charge in [0.15, 0.2) is 5.58 Å². The molecule has 0 unspecified atom stereocenters. The van der Waals surface area contributed by atoms with Crippen molar-refractivity contribution in [3.63, 3.8) is 0 Å². The fourth-order valence-corrected chi connectivity index (χ4v) is 2.71. The summed E-state index contributed by atoms with van der Waals surface area (Å²) in [6.45, 7) is 0. The van der Waals surface area contributed by atoms with Crippen LogP contribution in [0.15, 0.2) is 77.2 Å². The summed E-state index contributed by atoms with van der Waals surface area (Å²) in [6.07, 6.45) is 3.85. The minimum Gasteiger partial charge on any atom is -0.497 e. The van der Waals surface area contributed by atoms with Crippen molar-refractivity contribution >= 4 is 23.3 Å². The van der Waals surface area contributed by atoms with Gasteiger partial charge in [-0.15, -0.1) is 0 Å². The van der Waals surface area contributed by atoms with Crippen LogP contribution in [0.4, 0.5) is 0 Å². The number of hydrogen-bond acceptors (Lipinski definition) is 3. The van der Waals surface area contributed by atoms with Gasteiger partial charge in [0, 0.05) is 6.08 Å². The molecule has 0 aliphatic carbocycles. The van der Waals surface area contributed by atoms with Gasteiger partial charge in [-0.2, -0.15) is 0 Å². The van der Waals surface area contributed by atoms with Crippen LogP contribution in [0.1, 0.15) is 11.5 Å². The van der Waals surface area contributed by atoms with Gasteiger partial charge in [-0.25, -0.2) is 4.98 Å². The molecular weight excluding hydrogens is 310 g/mol. The van der Waals surface area contributed by atoms with E-state index in [-0.39, 0.29) is 0 Å². The van der Waals surface area contributed by atoms with Crippen LogP contribution < -0.4 is 4.74 Å². The molecule has 0 N–H and O–H groups in total. The number of hydrogen-bond donors (Lipinski definition) is 0. The molecule has 0 saturated heterocycles. The van der Waals surface area contributed by atoms with E-state index in [0.29, 0.717) is 5.89 Å². The Morgan fingerprint density at radius 3 is 2.40 bits per heavy atom. The van der Waals surface area contributed by atoms with E-state index in [0.717, 1.165) is 28.0 Å². The maximum Gasteiger partial charge on any atom is 0.220 e. The molecule has 1 heterocycles. The summed E-state index contributed by atoms with van der Waals surface area (Å²) in [7, 11) is 1.66. The van der Waals surface area contributed by atoms with E-state index in [1.54, 1.807) is 7.11 Å². The van der Waals surface area contributed by atoms with Gasteiger partial charge in [-0.1, -0.05) is 48.5 Å². The lowest BCUT2D eigenvalue weighted by Gasteiger charge is -1.99. The minimum atomic E-state index is 0.594. The molecule has 122 valence electrons. The number of fused-ring (bicyclic) bond motifs is 1. The molecule has 0 spiro atoms. The summed E-state index contributed by atoms with van der Waals surface area (Å²) in [5.41, 5.74) is 5.01. The highest BCUT2D eigenvalue weighted by molar-refractivity contribution is 5.82. The normalized spacial score (nSPS) is 11.2. The molecule has 3 aromatic carbocycles. The summed E-state index contributed by atoms with van der Waals surface area (Å²) in [5, 5.41) is 0. The highest BCUT2D eigenvalue weighted by atomic mass is 16.5. The molecule has 4 aromatic rings. The first-order valence-electron chi connectivity index (χ1n) is 8.10. The van der Waals surface area contributed by atoms with E-state index in [2.05, 4.69) is 29.2 Å². The SMILES string of the molecule is COc1ccc(/C=C\c2nc3cc(-c4ccccc4)ccc3o2)cc1. The average Bonchev–Trinajstić information content (AvgIpc) is 3.09. The zero-order valence-electron chi connectivity index (χ0n) is 13.8. The molecular formula is C22H17NO2. The Labute approximate surface area is 146 Å². The van der Waals surface area contributed by atoms with Crippen molar-refractivity contribution in [2.24, 2.45) is 0 Å². The van der Waals surface area contributed by atoms with Crippen molar-refractivity contribution in [1.82, 2.24) is 4.98 Å². The summed E-state index contributed by atoms with van der Waals surface area (Å²) >= 11 is 0. The molecule has 0 amide bonds. The van der Waals surface area contributed by atoms with Crippen LogP contribution in [0.25, 0.3) is 34.4 Å². The highest BCUT2D eigenvalue weighted by Gasteiger charge is 2.05. The van der Waals surface area contributed by atoms with Crippen LogP contribution in [0, 0.1) is 0 Å². The topological polar surface area (TPSA) is 35.3 Å². The second kappa shape index (κ2) is 6.65. The van der Waals surface area contributed by atoms with Crippen molar-refractivity contribution in [3.05, 3.63) is 84.3 Å². The molecule has 0 saturated carbocycles. The van der Waals surface area contributed by atoms with Gasteiger partial charge in [0.2, 0.25) is 5.89 Å². The summed E-state index contributed by atoms with van der Waals surface area (Å²) in [4.78, 5) is 4.57. The Kier molecular flexibility index (Phi) is 4.05. The number of oxazole rings is 1. The molecule has 0 radical (unpaired) electrons. The molecule has 0 fully saturated rings. The lowest BCUT2D eigenvalue weighted by molar-refractivity contribution is 0.415. The Hall–Kier alpha value is -3.33. The van der Waals surface area contributed by atoms with Gasteiger partial charge in [0.1, 0.15) is 11.3 Å². The maximum absolute atomic E-state index is 5.80. The molecule has 4 rings (SSSR count). The van der Waals surface area contributed by atoms with Gasteiger partial charge >= 0.3 is 0 Å². The molecule has 3 heteroatoms. The Morgan fingerprint density at radius 1 is 0.840 bits per heavy atom.